The van der Waals surface area contributed by atoms with Crippen LogP contribution in [0.1, 0.15) is 6.42 Å². The molecule has 0 rings (SSSR count). The van der Waals surface area contributed by atoms with Gasteiger partial charge in [-0.3, -0.25) is 4.39 Å². The summed E-state index contributed by atoms with van der Waals surface area (Å²) in [5.41, 5.74) is -7.02. The molecule has 0 nitrogen and oxygen atoms in total. The van der Waals surface area contributed by atoms with Crippen molar-refractivity contribution in [1.29, 1.82) is 0 Å². The maximum Gasteiger partial charge on any atom is 0.434 e. The molecule has 0 aromatic rings. The summed E-state index contributed by atoms with van der Waals surface area (Å²) in [5, 5.41) is -6.27. The molecule has 0 aliphatic carbocycles. The van der Waals surface area contributed by atoms with Crippen LogP contribution in [0.5, 0.6) is 0 Å². The molecule has 0 spiro atoms. The summed E-state index contributed by atoms with van der Waals surface area (Å²) < 4.78 is 136. The molecule has 12 heteroatoms. The zero-order chi connectivity index (χ0) is 15.9. The van der Waals surface area contributed by atoms with Crippen molar-refractivity contribution in [3.63, 3.8) is 0 Å². The lowest BCUT2D eigenvalue weighted by molar-refractivity contribution is -0.391. The predicted molar refractivity (Wildman–Crippen MR) is 41.2 cm³/mol. The van der Waals surface area contributed by atoms with Gasteiger partial charge in [-0.15, -0.1) is 0 Å². The summed E-state index contributed by atoms with van der Waals surface area (Å²) >= 11 is 3.57. The van der Waals surface area contributed by atoms with Crippen LogP contribution in [0.2, 0.25) is 0 Å². The molecule has 0 fully saturated rings. The molecule has 0 aliphatic heterocycles. The third-order valence-corrected chi connectivity index (χ3v) is 2.33. The van der Waals surface area contributed by atoms with Gasteiger partial charge in [0, 0.05) is 6.42 Å². The summed E-state index contributed by atoms with van der Waals surface area (Å²) in [4.78, 5) is 0. The van der Waals surface area contributed by atoms with E-state index in [1.807, 2.05) is 0 Å². The SMILES string of the molecule is FCCC(F)(F)C(F)(C(F)(F)F)C(F)(F)C(F)(F)Cl. The molecule has 0 saturated heterocycles. The van der Waals surface area contributed by atoms with E-state index in [2.05, 4.69) is 11.6 Å². The molecule has 19 heavy (non-hydrogen) atoms. The fourth-order valence-corrected chi connectivity index (χ4v) is 1.23. The Balaban J connectivity index is 6.13. The Bertz CT molecular complexity index is 316. The topological polar surface area (TPSA) is 0 Å². The minimum Gasteiger partial charge on any atom is -0.251 e. The van der Waals surface area contributed by atoms with E-state index in [1.54, 1.807) is 0 Å². The highest BCUT2D eigenvalue weighted by Crippen LogP contribution is 2.60. The van der Waals surface area contributed by atoms with Gasteiger partial charge in [-0.05, 0) is 11.6 Å². The first kappa shape index (κ1) is 18.5. The number of rotatable bonds is 5. The maximum atomic E-state index is 13.2. The summed E-state index contributed by atoms with van der Waals surface area (Å²) in [6, 6.07) is 0. The van der Waals surface area contributed by atoms with Crippen LogP contribution in [0.4, 0.5) is 48.3 Å². The van der Waals surface area contributed by atoms with Crippen LogP contribution in [-0.2, 0) is 0 Å². The molecule has 0 amide bonds. The third kappa shape index (κ3) is 2.70. The van der Waals surface area contributed by atoms with Gasteiger partial charge in [0.1, 0.15) is 0 Å². The fraction of sp³-hybridized carbons (Fsp3) is 1.00. The van der Waals surface area contributed by atoms with Crippen LogP contribution in [0.25, 0.3) is 0 Å². The average Bonchev–Trinajstić information content (AvgIpc) is 2.12. The van der Waals surface area contributed by atoms with Gasteiger partial charge in [0.25, 0.3) is 5.92 Å². The molecule has 116 valence electrons. The average molecular weight is 333 g/mol. The van der Waals surface area contributed by atoms with Gasteiger partial charge < -0.3 is 0 Å². The van der Waals surface area contributed by atoms with E-state index in [0.717, 1.165) is 0 Å². The minimum atomic E-state index is -7.12. The van der Waals surface area contributed by atoms with Crippen molar-refractivity contribution in [1.82, 2.24) is 0 Å². The Kier molecular flexibility index (Phi) is 4.69. The molecule has 0 bridgehead atoms. The van der Waals surface area contributed by atoms with E-state index in [0.29, 0.717) is 0 Å². The zero-order valence-electron chi connectivity index (χ0n) is 8.45. The van der Waals surface area contributed by atoms with Crippen LogP contribution >= 0.6 is 11.6 Å². The molecule has 0 aromatic heterocycles. The van der Waals surface area contributed by atoms with Crippen molar-refractivity contribution in [2.24, 2.45) is 0 Å². The number of hydrogen-bond donors (Lipinski definition) is 0. The van der Waals surface area contributed by atoms with E-state index in [-0.39, 0.29) is 0 Å². The van der Waals surface area contributed by atoms with Gasteiger partial charge in [-0.25, -0.2) is 13.2 Å². The molecule has 1 atom stereocenters. The molecule has 1 unspecified atom stereocenters. The summed E-state index contributed by atoms with van der Waals surface area (Å²) in [7, 11) is 0. The quantitative estimate of drug-likeness (QED) is 0.505. The van der Waals surface area contributed by atoms with Crippen molar-refractivity contribution < 1.29 is 48.3 Å². The number of hydrogen-bond acceptors (Lipinski definition) is 0. The van der Waals surface area contributed by atoms with E-state index >= 15 is 0 Å². The maximum absolute atomic E-state index is 13.2. The summed E-state index contributed by atoms with van der Waals surface area (Å²) in [6.07, 6.45) is -9.79. The first-order chi connectivity index (χ1) is 8.06. The summed E-state index contributed by atoms with van der Waals surface area (Å²) in [6.45, 7) is -2.35. The molecule has 0 saturated carbocycles. The Morgan fingerprint density at radius 3 is 1.32 bits per heavy atom. The lowest BCUT2D eigenvalue weighted by atomic mass is 9.87. The first-order valence-corrected chi connectivity index (χ1v) is 4.58. The van der Waals surface area contributed by atoms with Gasteiger partial charge in [0.2, 0.25) is 0 Å². The normalized spacial score (nSPS) is 18.3. The Morgan fingerprint density at radius 2 is 1.11 bits per heavy atom. The van der Waals surface area contributed by atoms with Crippen molar-refractivity contribution in [2.45, 2.75) is 35.5 Å². The van der Waals surface area contributed by atoms with Gasteiger partial charge in [-0.2, -0.15) is 30.7 Å². The van der Waals surface area contributed by atoms with Crippen molar-refractivity contribution in [3.8, 4) is 0 Å². The Labute approximate surface area is 103 Å². The Morgan fingerprint density at radius 1 is 0.737 bits per heavy atom. The molecular formula is C7H4ClF11. The van der Waals surface area contributed by atoms with Crippen LogP contribution in [-0.4, -0.2) is 35.7 Å². The van der Waals surface area contributed by atoms with E-state index < -0.39 is 42.2 Å². The predicted octanol–water partition coefficient (Wildman–Crippen LogP) is 4.72. The van der Waals surface area contributed by atoms with E-state index in [1.165, 1.54) is 0 Å². The van der Waals surface area contributed by atoms with Crippen LogP contribution in [0, 0.1) is 0 Å². The van der Waals surface area contributed by atoms with Gasteiger partial charge in [0.05, 0.1) is 6.67 Å². The second-order valence-corrected chi connectivity index (χ2v) is 3.85. The van der Waals surface area contributed by atoms with E-state index in [9.17, 15) is 48.3 Å². The molecule has 0 aromatic carbocycles. The highest BCUT2D eigenvalue weighted by molar-refractivity contribution is 6.22. The van der Waals surface area contributed by atoms with Crippen LogP contribution < -0.4 is 0 Å². The highest BCUT2D eigenvalue weighted by Gasteiger charge is 2.88. The first-order valence-electron chi connectivity index (χ1n) is 4.20. The fourth-order valence-electron chi connectivity index (χ4n) is 1.10. The Hall–Kier alpha value is -0.480. The van der Waals surface area contributed by atoms with Crippen molar-refractivity contribution in [2.75, 3.05) is 6.67 Å². The monoisotopic (exact) mass is 332 g/mol. The summed E-state index contributed by atoms with van der Waals surface area (Å²) in [5.74, 6) is -13.2. The van der Waals surface area contributed by atoms with Crippen molar-refractivity contribution in [3.05, 3.63) is 0 Å². The highest BCUT2D eigenvalue weighted by atomic mass is 35.5. The second kappa shape index (κ2) is 4.81. The van der Waals surface area contributed by atoms with Crippen LogP contribution in [0.15, 0.2) is 0 Å². The van der Waals surface area contributed by atoms with Gasteiger partial charge in [-0.1, -0.05) is 0 Å². The number of halogens is 12. The standard InChI is InChI=1S/C7H4ClF11/c8-6(15,16)5(13,14)4(12,7(17,18)19)3(10,11)1-2-9/h1-2H2. The molecule has 0 aliphatic rings. The smallest absolute Gasteiger partial charge is 0.251 e. The zero-order valence-corrected chi connectivity index (χ0v) is 9.21. The lowest BCUT2D eigenvalue weighted by Crippen LogP contribution is -2.70. The van der Waals surface area contributed by atoms with E-state index in [4.69, 9.17) is 0 Å². The molecule has 0 N–H and O–H groups in total. The molecule has 0 heterocycles. The molecule has 0 radical (unpaired) electrons. The number of alkyl halides is 12. The van der Waals surface area contributed by atoms with Crippen molar-refractivity contribution >= 4 is 11.6 Å². The third-order valence-electron chi connectivity index (χ3n) is 2.09. The van der Waals surface area contributed by atoms with Gasteiger partial charge in [0.15, 0.2) is 0 Å². The lowest BCUT2D eigenvalue weighted by Gasteiger charge is -2.40. The minimum absolute atomic E-state index is 2.35. The second-order valence-electron chi connectivity index (χ2n) is 3.37. The molecular weight excluding hydrogens is 329 g/mol. The van der Waals surface area contributed by atoms with Gasteiger partial charge >= 0.3 is 23.1 Å². The van der Waals surface area contributed by atoms with Crippen LogP contribution in [0.3, 0.4) is 0 Å². The largest absolute Gasteiger partial charge is 0.434 e.